The highest BCUT2D eigenvalue weighted by atomic mass is 35.5. The van der Waals surface area contributed by atoms with E-state index in [4.69, 9.17) is 27.1 Å². The fourth-order valence-corrected chi connectivity index (χ4v) is 8.93. The first-order valence-corrected chi connectivity index (χ1v) is 18.1. The molecule has 2 aliphatic carbocycles. The van der Waals surface area contributed by atoms with Crippen LogP contribution in [-0.4, -0.2) is 79.1 Å². The Morgan fingerprint density at radius 1 is 1.18 bits per heavy atom. The lowest BCUT2D eigenvalue weighted by Crippen LogP contribution is -2.66. The van der Waals surface area contributed by atoms with Crippen LogP contribution in [0.2, 0.25) is 10.1 Å². The van der Waals surface area contributed by atoms with Crippen LogP contribution in [0.5, 0.6) is 0 Å². The Labute approximate surface area is 295 Å². The molecule has 2 aromatic carbocycles. The summed E-state index contributed by atoms with van der Waals surface area (Å²) in [6.07, 6.45) is 7.26. The number of halogens is 1. The quantitative estimate of drug-likeness (QED) is 0.181. The van der Waals surface area contributed by atoms with Crippen molar-refractivity contribution in [1.29, 1.82) is 0 Å². The Morgan fingerprint density at radius 3 is 2.53 bits per heavy atom. The van der Waals surface area contributed by atoms with E-state index < -0.39 is 17.0 Å². The fourth-order valence-electron chi connectivity index (χ4n) is 8.23. The Morgan fingerprint density at radius 2 is 1.94 bits per heavy atom. The molecule has 49 heavy (non-hydrogen) atoms. The summed E-state index contributed by atoms with van der Waals surface area (Å²) in [6.45, 7) is 5.56. The van der Waals surface area contributed by atoms with Crippen molar-refractivity contribution in [2.75, 3.05) is 26.8 Å². The smallest absolute Gasteiger partial charge is 0.270 e. The zero-order valence-corrected chi connectivity index (χ0v) is 30.4. The molecule has 1 unspecified atom stereocenters. The van der Waals surface area contributed by atoms with E-state index in [0.29, 0.717) is 42.7 Å². The van der Waals surface area contributed by atoms with Gasteiger partial charge >= 0.3 is 0 Å². The minimum atomic E-state index is -0.856. The van der Waals surface area contributed by atoms with Gasteiger partial charge in [-0.15, -0.1) is 0 Å². The summed E-state index contributed by atoms with van der Waals surface area (Å²) in [6, 6.07) is 14.9. The molecule has 3 radical (unpaired) electrons. The number of nitrogens with two attached hydrogens (primary N) is 1. The number of benzene rings is 2. The Balaban J connectivity index is 1.29. The number of hydrogen-bond donors (Lipinski definition) is 3. The van der Waals surface area contributed by atoms with Gasteiger partial charge < -0.3 is 25.7 Å². The van der Waals surface area contributed by atoms with Crippen molar-refractivity contribution in [2.45, 2.75) is 80.3 Å². The van der Waals surface area contributed by atoms with Crippen molar-refractivity contribution in [1.82, 2.24) is 30.0 Å². The second kappa shape index (κ2) is 12.4. The van der Waals surface area contributed by atoms with Crippen LogP contribution in [0, 0.1) is 5.41 Å². The minimum Gasteiger partial charge on any atom is -0.380 e. The van der Waals surface area contributed by atoms with E-state index in [1.165, 1.54) is 0 Å². The van der Waals surface area contributed by atoms with Gasteiger partial charge in [-0.3, -0.25) is 14.3 Å². The maximum atomic E-state index is 14.7. The molecular weight excluding hydrogens is 654 g/mol. The van der Waals surface area contributed by atoms with Crippen LogP contribution in [0.25, 0.3) is 11.0 Å². The van der Waals surface area contributed by atoms with E-state index in [1.807, 2.05) is 54.4 Å². The molecule has 3 heterocycles. The second-order valence-electron chi connectivity index (χ2n) is 14.9. The molecule has 12 heteroatoms. The number of nitrogens with one attached hydrogen (secondary N) is 2. The van der Waals surface area contributed by atoms with E-state index in [2.05, 4.69) is 39.5 Å². The molecule has 0 spiro atoms. The molecule has 1 saturated heterocycles. The van der Waals surface area contributed by atoms with E-state index >= 15 is 0 Å². The number of rotatable bonds is 11. The summed E-state index contributed by atoms with van der Waals surface area (Å²) in [5.41, 5.74) is 8.80. The summed E-state index contributed by atoms with van der Waals surface area (Å²) in [5, 5.41) is 7.84. The number of hydrogen-bond acceptors (Lipinski definition) is 6. The van der Waals surface area contributed by atoms with Gasteiger partial charge in [0.05, 0.1) is 34.6 Å². The maximum absolute atomic E-state index is 14.7. The summed E-state index contributed by atoms with van der Waals surface area (Å²) < 4.78 is 7.52. The van der Waals surface area contributed by atoms with Gasteiger partial charge in [0, 0.05) is 54.6 Å². The molecule has 0 bridgehead atoms. The largest absolute Gasteiger partial charge is 0.380 e. The first-order valence-electron chi connectivity index (χ1n) is 17.2. The predicted molar refractivity (Wildman–Crippen MR) is 191 cm³/mol. The van der Waals surface area contributed by atoms with Crippen LogP contribution < -0.4 is 11.1 Å². The van der Waals surface area contributed by atoms with Gasteiger partial charge in [-0.05, 0) is 84.9 Å². The number of carbonyl (C=O) groups excluding carboxylic acids is 2. The third kappa shape index (κ3) is 5.53. The fraction of sp³-hybridized carbons (Fsp3) is 0.514. The SMILES string of the molecule is CN(C(=O)C1(c2ccc3nc([C@@H](NC(=O)c4ccnn4C)[C@H](c4ccccc4Cl)C4([Si])CC4)[nH]c3c2)CCOC1)[C@](C)(CN)C1(C)CCC1. The molecule has 2 aromatic heterocycles. The lowest BCUT2D eigenvalue weighted by atomic mass is 9.58. The molecule has 4 aromatic rings. The average Bonchev–Trinajstić information content (AvgIpc) is 3.46. The van der Waals surface area contributed by atoms with Crippen LogP contribution in [-0.2, 0) is 22.0 Å². The Hall–Kier alpha value is -3.51. The molecule has 7 rings (SSSR count). The second-order valence-corrected chi connectivity index (χ2v) is 16.3. The summed E-state index contributed by atoms with van der Waals surface area (Å²) in [4.78, 5) is 39.0. The topological polar surface area (TPSA) is 131 Å². The zero-order valence-electron chi connectivity index (χ0n) is 28.7. The number of amides is 2. The van der Waals surface area contributed by atoms with Gasteiger partial charge in [-0.2, -0.15) is 5.10 Å². The van der Waals surface area contributed by atoms with Crippen LogP contribution in [0.1, 0.15) is 91.8 Å². The number of imidazole rings is 1. The predicted octanol–water partition coefficient (Wildman–Crippen LogP) is 5.35. The molecule has 10 nitrogen and oxygen atoms in total. The van der Waals surface area contributed by atoms with Gasteiger partial charge in [-0.25, -0.2) is 4.98 Å². The van der Waals surface area contributed by atoms with Crippen LogP contribution in [0.15, 0.2) is 54.7 Å². The number of H-pyrrole nitrogens is 1. The molecule has 1 aliphatic heterocycles. The number of ether oxygens (including phenoxy) is 1. The van der Waals surface area contributed by atoms with Crippen molar-refractivity contribution < 1.29 is 14.3 Å². The molecule has 4 N–H and O–H groups in total. The van der Waals surface area contributed by atoms with Gasteiger partial charge in [0.25, 0.3) is 5.91 Å². The third-order valence-corrected chi connectivity index (χ3v) is 13.4. The summed E-state index contributed by atoms with van der Waals surface area (Å²) in [7, 11) is 7.74. The molecular formula is C37H45ClN7O3Si. The van der Waals surface area contributed by atoms with E-state index in [0.717, 1.165) is 54.3 Å². The highest BCUT2D eigenvalue weighted by molar-refractivity contribution is 6.31. The first kappa shape index (κ1) is 34.0. The molecule has 2 saturated carbocycles. The number of aromatic amines is 1. The lowest BCUT2D eigenvalue weighted by molar-refractivity contribution is -0.150. The van der Waals surface area contributed by atoms with Crippen LogP contribution in [0.4, 0.5) is 0 Å². The number of likely N-dealkylation sites (N-methyl/N-ethyl adjacent to an activating group) is 1. The van der Waals surface area contributed by atoms with Crippen molar-refractivity contribution in [3.63, 3.8) is 0 Å². The first-order chi connectivity index (χ1) is 23.4. The highest BCUT2D eigenvalue weighted by Crippen LogP contribution is 2.64. The Bertz CT molecular complexity index is 1890. The zero-order chi connectivity index (χ0) is 34.8. The lowest BCUT2D eigenvalue weighted by Gasteiger charge is -2.57. The van der Waals surface area contributed by atoms with E-state index in [-0.39, 0.29) is 28.2 Å². The van der Waals surface area contributed by atoms with Gasteiger partial charge in [-0.1, -0.05) is 49.2 Å². The average molecular weight is 699 g/mol. The third-order valence-electron chi connectivity index (χ3n) is 12.3. The highest BCUT2D eigenvalue weighted by Gasteiger charge is 2.56. The number of aromatic nitrogens is 4. The normalized spacial score (nSPS) is 23.3. The number of fused-ring (bicyclic) bond motifs is 1. The van der Waals surface area contributed by atoms with Crippen molar-refractivity contribution in [3.05, 3.63) is 82.4 Å². The van der Waals surface area contributed by atoms with Crippen molar-refractivity contribution >= 4 is 44.7 Å². The number of aryl methyl sites for hydroxylation is 1. The minimum absolute atomic E-state index is 0.0278. The van der Waals surface area contributed by atoms with Crippen molar-refractivity contribution in [2.24, 2.45) is 18.2 Å². The molecule has 4 atom stereocenters. The number of carbonyl (C=O) groups is 2. The van der Waals surface area contributed by atoms with Gasteiger partial charge in [0.2, 0.25) is 5.91 Å². The molecule has 2 amide bonds. The van der Waals surface area contributed by atoms with E-state index in [9.17, 15) is 9.59 Å². The monoisotopic (exact) mass is 698 g/mol. The molecule has 3 aliphatic rings. The molecule has 257 valence electrons. The maximum Gasteiger partial charge on any atom is 0.270 e. The number of nitrogens with zero attached hydrogens (tertiary/aromatic N) is 4. The van der Waals surface area contributed by atoms with Gasteiger partial charge in [0.1, 0.15) is 11.5 Å². The standard InChI is InChI=1S/C37H45ClN7O3Si/c1-34(13-7-14-34)35(2,21-39)44(3)33(47)36(17-19-48-22-36)23-10-11-26-27(20-23)42-31(41-26)30(43-32(46)28-12-18-40-45(28)4)29(37(49)15-16-37)24-8-5-6-9-25(24)38/h5-6,8-12,18,20,29-30H,7,13-17,19,21-22,39H2,1-4H3,(H,41,42)(H,43,46)/t29-,30-,35+,36?/m0/s1. The summed E-state index contributed by atoms with van der Waals surface area (Å²) in [5.74, 6) is 0.130. The van der Waals surface area contributed by atoms with Crippen LogP contribution >= 0.6 is 11.6 Å². The van der Waals surface area contributed by atoms with E-state index in [1.54, 1.807) is 24.0 Å². The molecule has 3 fully saturated rings. The Kier molecular flexibility index (Phi) is 8.57. The van der Waals surface area contributed by atoms with Gasteiger partial charge in [0.15, 0.2) is 0 Å². The van der Waals surface area contributed by atoms with Crippen LogP contribution in [0.3, 0.4) is 0 Å². The summed E-state index contributed by atoms with van der Waals surface area (Å²) >= 11 is 6.84. The van der Waals surface area contributed by atoms with Crippen molar-refractivity contribution in [3.8, 4) is 0 Å².